The summed E-state index contributed by atoms with van der Waals surface area (Å²) in [5, 5.41) is 0. The van der Waals surface area contributed by atoms with Crippen LogP contribution in [0.1, 0.15) is 12.8 Å². The average Bonchev–Trinajstić information content (AvgIpc) is 2.33. The van der Waals surface area contributed by atoms with Crippen molar-refractivity contribution in [2.75, 3.05) is 0 Å². The molecule has 6 atom stereocenters. The molecule has 1 nitrogen and oxygen atoms in total. The molecule has 2 aliphatic carbocycles. The van der Waals surface area contributed by atoms with E-state index in [1.54, 1.807) is 0 Å². The lowest BCUT2D eigenvalue weighted by atomic mass is 9.91. The summed E-state index contributed by atoms with van der Waals surface area (Å²) < 4.78 is 98.5. The fourth-order valence-corrected chi connectivity index (χ4v) is 3.06. The lowest BCUT2D eigenvalue weighted by molar-refractivity contribution is -0.293. The highest BCUT2D eigenvalue weighted by Gasteiger charge is 2.53. The Labute approximate surface area is 130 Å². The number of halogens is 8. The van der Waals surface area contributed by atoms with E-state index >= 15 is 0 Å². The Hall–Kier alpha value is -0.570. The van der Waals surface area contributed by atoms with Crippen LogP contribution in [0.4, 0.5) is 30.7 Å². The third-order valence-electron chi connectivity index (χ3n) is 3.50. The van der Waals surface area contributed by atoms with Crippen molar-refractivity contribution < 1.29 is 35.5 Å². The van der Waals surface area contributed by atoms with E-state index in [9.17, 15) is 30.7 Å². The SMILES string of the molecule is FC1=C[C@H](OC(F)(F)C2C(F)=C[C@H](Br)C[C@@H]2F)CC(F)C1F. The van der Waals surface area contributed by atoms with E-state index in [1.807, 2.05) is 0 Å². The molecule has 0 bridgehead atoms. The van der Waals surface area contributed by atoms with Gasteiger partial charge < -0.3 is 4.74 Å². The molecule has 0 aliphatic heterocycles. The molecular formula is C13H12BrF7O. The number of ether oxygens (including phenoxy) is 1. The first-order valence-electron chi connectivity index (χ1n) is 6.48. The van der Waals surface area contributed by atoms with Gasteiger partial charge in [0.25, 0.3) is 0 Å². The summed E-state index contributed by atoms with van der Waals surface area (Å²) in [5.41, 5.74) is 0. The van der Waals surface area contributed by atoms with Crippen LogP contribution in [-0.4, -0.2) is 35.6 Å². The molecule has 9 heteroatoms. The number of rotatable bonds is 3. The van der Waals surface area contributed by atoms with E-state index in [0.29, 0.717) is 6.08 Å². The Kier molecular flexibility index (Phi) is 5.26. The first-order valence-corrected chi connectivity index (χ1v) is 7.39. The van der Waals surface area contributed by atoms with Crippen LogP contribution in [0.15, 0.2) is 23.8 Å². The summed E-state index contributed by atoms with van der Waals surface area (Å²) >= 11 is 2.89. The van der Waals surface area contributed by atoms with Crippen LogP contribution in [-0.2, 0) is 4.74 Å². The molecule has 126 valence electrons. The maximum Gasteiger partial charge on any atom is 0.368 e. The Balaban J connectivity index is 2.16. The van der Waals surface area contributed by atoms with Crippen molar-refractivity contribution in [2.24, 2.45) is 5.92 Å². The topological polar surface area (TPSA) is 9.23 Å². The Morgan fingerprint density at radius 1 is 1.00 bits per heavy atom. The lowest BCUT2D eigenvalue weighted by Crippen LogP contribution is -2.44. The minimum atomic E-state index is -4.32. The van der Waals surface area contributed by atoms with Crippen LogP contribution in [0.25, 0.3) is 0 Å². The molecule has 0 aromatic heterocycles. The van der Waals surface area contributed by atoms with Crippen molar-refractivity contribution in [2.45, 2.75) is 48.4 Å². The van der Waals surface area contributed by atoms with Gasteiger partial charge in [-0.2, -0.15) is 8.78 Å². The van der Waals surface area contributed by atoms with Crippen LogP contribution in [0, 0.1) is 5.92 Å². The molecule has 0 N–H and O–H groups in total. The van der Waals surface area contributed by atoms with Crippen LogP contribution in [0.3, 0.4) is 0 Å². The van der Waals surface area contributed by atoms with Crippen LogP contribution >= 0.6 is 15.9 Å². The highest BCUT2D eigenvalue weighted by Crippen LogP contribution is 2.43. The summed E-state index contributed by atoms with van der Waals surface area (Å²) in [4.78, 5) is -0.732. The van der Waals surface area contributed by atoms with E-state index in [-0.39, 0.29) is 0 Å². The molecule has 0 aromatic carbocycles. The minimum Gasteiger partial charge on any atom is -0.312 e. The zero-order valence-corrected chi connectivity index (χ0v) is 12.6. The van der Waals surface area contributed by atoms with E-state index in [1.165, 1.54) is 0 Å². The minimum absolute atomic E-state index is 0.361. The van der Waals surface area contributed by atoms with Gasteiger partial charge in [-0.15, -0.1) is 0 Å². The number of hydrogen-bond donors (Lipinski definition) is 0. The van der Waals surface area contributed by atoms with E-state index < -0.39 is 66.0 Å². The Morgan fingerprint density at radius 3 is 2.18 bits per heavy atom. The van der Waals surface area contributed by atoms with Gasteiger partial charge in [0, 0.05) is 11.2 Å². The van der Waals surface area contributed by atoms with Crippen molar-refractivity contribution in [1.29, 1.82) is 0 Å². The monoisotopic (exact) mass is 396 g/mol. The molecule has 0 amide bonds. The largest absolute Gasteiger partial charge is 0.368 e. The third-order valence-corrected chi connectivity index (χ3v) is 4.14. The van der Waals surface area contributed by atoms with Gasteiger partial charge in [-0.3, -0.25) is 0 Å². The fraction of sp³-hybridized carbons (Fsp3) is 0.692. The fourth-order valence-electron chi connectivity index (χ4n) is 2.45. The molecule has 0 radical (unpaired) electrons. The molecule has 2 rings (SSSR count). The summed E-state index contributed by atoms with van der Waals surface area (Å²) in [6, 6.07) is 0. The van der Waals surface area contributed by atoms with Crippen molar-refractivity contribution in [1.82, 2.24) is 0 Å². The molecule has 2 aliphatic rings. The van der Waals surface area contributed by atoms with Crippen LogP contribution < -0.4 is 0 Å². The van der Waals surface area contributed by atoms with Gasteiger partial charge in [0.15, 0.2) is 6.17 Å². The lowest BCUT2D eigenvalue weighted by Gasteiger charge is -2.34. The highest BCUT2D eigenvalue weighted by atomic mass is 79.9. The first-order chi connectivity index (χ1) is 10.1. The second kappa shape index (κ2) is 6.51. The van der Waals surface area contributed by atoms with Gasteiger partial charge in [-0.1, -0.05) is 15.9 Å². The molecular weight excluding hydrogens is 385 g/mol. The highest BCUT2D eigenvalue weighted by molar-refractivity contribution is 9.09. The number of alkyl halides is 6. The molecule has 3 unspecified atom stereocenters. The van der Waals surface area contributed by atoms with Crippen molar-refractivity contribution >= 4 is 15.9 Å². The standard InChI is InChI=1S/C13H12BrF7O/c14-5-1-7(15)11(8(16)2-5)13(20,21)22-6-3-9(17)12(19)10(18)4-6/h1,3,5-6,8,10-12H,2,4H2/t5-,6-,8-,10?,11?,12?/m0/s1. The normalized spacial score (nSPS) is 40.2. The smallest absolute Gasteiger partial charge is 0.312 e. The van der Waals surface area contributed by atoms with Crippen LogP contribution in [0.5, 0.6) is 0 Å². The van der Waals surface area contributed by atoms with Gasteiger partial charge in [0.2, 0.25) is 0 Å². The van der Waals surface area contributed by atoms with E-state index in [2.05, 4.69) is 20.7 Å². The van der Waals surface area contributed by atoms with Gasteiger partial charge in [0.05, 0.1) is 6.10 Å². The molecule has 0 aromatic rings. The predicted octanol–water partition coefficient (Wildman–Crippen LogP) is 4.87. The number of hydrogen-bond acceptors (Lipinski definition) is 1. The molecule has 0 saturated carbocycles. The Morgan fingerprint density at radius 2 is 1.64 bits per heavy atom. The zero-order valence-electron chi connectivity index (χ0n) is 11.0. The molecule has 0 fully saturated rings. The van der Waals surface area contributed by atoms with Gasteiger partial charge in [-0.25, -0.2) is 22.0 Å². The zero-order chi connectivity index (χ0) is 16.7. The average molecular weight is 397 g/mol. The third kappa shape index (κ3) is 3.67. The van der Waals surface area contributed by atoms with Crippen molar-refractivity contribution in [3.63, 3.8) is 0 Å². The maximum absolute atomic E-state index is 13.9. The van der Waals surface area contributed by atoms with E-state index in [4.69, 9.17) is 0 Å². The summed E-state index contributed by atoms with van der Waals surface area (Å²) in [7, 11) is 0. The second-order valence-corrected chi connectivity index (χ2v) is 6.40. The summed E-state index contributed by atoms with van der Waals surface area (Å²) in [6.07, 6.45) is -13.4. The molecule has 0 saturated heterocycles. The predicted molar refractivity (Wildman–Crippen MR) is 68.3 cm³/mol. The summed E-state index contributed by atoms with van der Waals surface area (Å²) in [6.45, 7) is 0. The van der Waals surface area contributed by atoms with Gasteiger partial charge in [0.1, 0.15) is 29.9 Å². The van der Waals surface area contributed by atoms with Crippen LogP contribution in [0.2, 0.25) is 0 Å². The van der Waals surface area contributed by atoms with Gasteiger partial charge in [-0.05, 0) is 18.6 Å². The quantitative estimate of drug-likeness (QED) is 0.488. The van der Waals surface area contributed by atoms with Crippen molar-refractivity contribution in [3.05, 3.63) is 23.8 Å². The summed E-state index contributed by atoms with van der Waals surface area (Å²) in [5.74, 6) is -5.48. The first kappa shape index (κ1) is 17.8. The van der Waals surface area contributed by atoms with E-state index in [0.717, 1.165) is 6.08 Å². The Bertz CT molecular complexity index is 481. The maximum atomic E-state index is 13.9. The second-order valence-electron chi connectivity index (χ2n) is 5.22. The number of allylic oxidation sites excluding steroid dienone is 2. The molecule has 0 heterocycles. The molecule has 0 spiro atoms. The van der Waals surface area contributed by atoms with Crippen molar-refractivity contribution in [3.8, 4) is 0 Å². The van der Waals surface area contributed by atoms with Gasteiger partial charge >= 0.3 is 6.11 Å². The molecule has 22 heavy (non-hydrogen) atoms.